The summed E-state index contributed by atoms with van der Waals surface area (Å²) in [4.78, 5) is 29.1. The maximum absolute atomic E-state index is 12.9. The number of hydrogen-bond donors (Lipinski definition) is 2. The average Bonchev–Trinajstić information content (AvgIpc) is 3.20. The molecule has 0 saturated heterocycles. The lowest BCUT2D eigenvalue weighted by Crippen LogP contribution is -2.48. The standard InChI is InChI=1S/C16H18FN3O3/c1-9(15(21)19-12-6-7-12)18-16(22)14-8-13(20-23-14)10-2-4-11(17)5-3-10/h2-5,9,12,14H,6-8H2,1H3,(H,18,22)(H,19,21)/t9-,14-/m1/s1. The largest absolute Gasteiger partial charge is 0.382 e. The molecule has 0 unspecified atom stereocenters. The van der Waals surface area contributed by atoms with Gasteiger partial charge in [0.2, 0.25) is 12.0 Å². The Labute approximate surface area is 133 Å². The van der Waals surface area contributed by atoms with E-state index in [2.05, 4.69) is 15.8 Å². The van der Waals surface area contributed by atoms with E-state index in [-0.39, 0.29) is 30.1 Å². The summed E-state index contributed by atoms with van der Waals surface area (Å²) in [6, 6.07) is 5.46. The van der Waals surface area contributed by atoms with Crippen molar-refractivity contribution < 1.29 is 18.8 Å². The molecule has 1 aliphatic heterocycles. The molecule has 2 aliphatic rings. The van der Waals surface area contributed by atoms with Crippen molar-refractivity contribution in [1.82, 2.24) is 10.6 Å². The number of hydrogen-bond acceptors (Lipinski definition) is 4. The molecule has 2 amide bonds. The van der Waals surface area contributed by atoms with Gasteiger partial charge in [0.25, 0.3) is 5.91 Å². The highest BCUT2D eigenvalue weighted by Gasteiger charge is 2.32. The molecule has 0 bridgehead atoms. The molecule has 7 heteroatoms. The van der Waals surface area contributed by atoms with Gasteiger partial charge in [-0.1, -0.05) is 17.3 Å². The first-order valence-electron chi connectivity index (χ1n) is 7.62. The molecule has 0 radical (unpaired) electrons. The van der Waals surface area contributed by atoms with Crippen molar-refractivity contribution >= 4 is 17.5 Å². The number of benzene rings is 1. The molecular formula is C16H18FN3O3. The second-order valence-electron chi connectivity index (χ2n) is 5.86. The molecule has 122 valence electrons. The van der Waals surface area contributed by atoms with E-state index < -0.39 is 12.1 Å². The first-order chi connectivity index (χ1) is 11.0. The van der Waals surface area contributed by atoms with Gasteiger partial charge in [0, 0.05) is 12.5 Å². The summed E-state index contributed by atoms with van der Waals surface area (Å²) in [5.41, 5.74) is 1.29. The monoisotopic (exact) mass is 319 g/mol. The fourth-order valence-corrected chi connectivity index (χ4v) is 2.26. The van der Waals surface area contributed by atoms with E-state index in [9.17, 15) is 14.0 Å². The number of amides is 2. The molecule has 2 N–H and O–H groups in total. The number of rotatable bonds is 5. The second-order valence-corrected chi connectivity index (χ2v) is 5.86. The van der Waals surface area contributed by atoms with Crippen LogP contribution in [0.1, 0.15) is 31.7 Å². The van der Waals surface area contributed by atoms with Crippen molar-refractivity contribution in [3.63, 3.8) is 0 Å². The predicted octanol–water partition coefficient (Wildman–Crippen LogP) is 1.10. The van der Waals surface area contributed by atoms with Gasteiger partial charge in [-0.25, -0.2) is 4.39 Å². The summed E-state index contributed by atoms with van der Waals surface area (Å²) in [5, 5.41) is 9.34. The third-order valence-electron chi connectivity index (χ3n) is 3.81. The second kappa shape index (κ2) is 6.36. The number of carbonyl (C=O) groups excluding carboxylic acids is 2. The van der Waals surface area contributed by atoms with Gasteiger partial charge in [-0.05, 0) is 37.5 Å². The van der Waals surface area contributed by atoms with Crippen LogP contribution in [0.25, 0.3) is 0 Å². The minimum atomic E-state index is -0.772. The van der Waals surface area contributed by atoms with Gasteiger partial charge >= 0.3 is 0 Å². The van der Waals surface area contributed by atoms with E-state index in [1.165, 1.54) is 12.1 Å². The Kier molecular flexibility index (Phi) is 4.27. The van der Waals surface area contributed by atoms with Gasteiger partial charge < -0.3 is 15.5 Å². The Bertz CT molecular complexity index is 640. The van der Waals surface area contributed by atoms with Crippen molar-refractivity contribution in [3.05, 3.63) is 35.6 Å². The first-order valence-corrected chi connectivity index (χ1v) is 7.62. The molecule has 0 spiro atoms. The smallest absolute Gasteiger partial charge is 0.264 e. The van der Waals surface area contributed by atoms with E-state index in [4.69, 9.17) is 4.84 Å². The van der Waals surface area contributed by atoms with E-state index in [1.807, 2.05) is 0 Å². The number of nitrogens with zero attached hydrogens (tertiary/aromatic N) is 1. The molecule has 0 aromatic heterocycles. The zero-order valence-electron chi connectivity index (χ0n) is 12.7. The molecule has 3 rings (SSSR count). The number of halogens is 1. The van der Waals surface area contributed by atoms with Gasteiger partial charge in [0.1, 0.15) is 11.9 Å². The van der Waals surface area contributed by atoms with Crippen molar-refractivity contribution in [3.8, 4) is 0 Å². The Morgan fingerprint density at radius 1 is 1.30 bits per heavy atom. The van der Waals surface area contributed by atoms with Gasteiger partial charge in [0.05, 0.1) is 5.71 Å². The van der Waals surface area contributed by atoms with E-state index in [0.717, 1.165) is 12.8 Å². The van der Waals surface area contributed by atoms with E-state index in [1.54, 1.807) is 19.1 Å². The minimum Gasteiger partial charge on any atom is -0.382 e. The Balaban J connectivity index is 1.51. The molecule has 23 heavy (non-hydrogen) atoms. The van der Waals surface area contributed by atoms with Crippen molar-refractivity contribution in [2.24, 2.45) is 5.16 Å². The van der Waals surface area contributed by atoms with Crippen LogP contribution in [-0.4, -0.2) is 35.7 Å². The summed E-state index contributed by atoms with van der Waals surface area (Å²) in [5.74, 6) is -0.916. The van der Waals surface area contributed by atoms with Gasteiger partial charge in [0.15, 0.2) is 0 Å². The van der Waals surface area contributed by atoms with Crippen LogP contribution in [0.15, 0.2) is 29.4 Å². The topological polar surface area (TPSA) is 79.8 Å². The van der Waals surface area contributed by atoms with Crippen molar-refractivity contribution in [2.45, 2.75) is 44.4 Å². The molecule has 2 atom stereocenters. The number of nitrogens with one attached hydrogen (secondary N) is 2. The van der Waals surface area contributed by atoms with Crippen LogP contribution < -0.4 is 10.6 Å². The summed E-state index contributed by atoms with van der Waals surface area (Å²) in [6.45, 7) is 1.63. The van der Waals surface area contributed by atoms with Crippen molar-refractivity contribution in [1.29, 1.82) is 0 Å². The average molecular weight is 319 g/mol. The van der Waals surface area contributed by atoms with Crippen LogP contribution in [0.3, 0.4) is 0 Å². The zero-order valence-corrected chi connectivity index (χ0v) is 12.7. The molecule has 1 aliphatic carbocycles. The number of oxime groups is 1. The molecule has 1 fully saturated rings. The summed E-state index contributed by atoms with van der Waals surface area (Å²) < 4.78 is 12.9. The summed E-state index contributed by atoms with van der Waals surface area (Å²) >= 11 is 0. The molecule has 1 aromatic carbocycles. The SMILES string of the molecule is C[C@@H](NC(=O)[C@H]1CC(c2ccc(F)cc2)=NO1)C(=O)NC1CC1. The highest BCUT2D eigenvalue weighted by Crippen LogP contribution is 2.19. The quantitative estimate of drug-likeness (QED) is 0.853. The minimum absolute atomic E-state index is 0.196. The van der Waals surface area contributed by atoms with Crippen LogP contribution in [0.4, 0.5) is 4.39 Å². The molecule has 1 saturated carbocycles. The summed E-state index contributed by atoms with van der Waals surface area (Å²) in [6.07, 6.45) is 1.50. The molecule has 1 aromatic rings. The fraction of sp³-hybridized carbons (Fsp3) is 0.438. The zero-order chi connectivity index (χ0) is 16.4. The van der Waals surface area contributed by atoms with E-state index >= 15 is 0 Å². The lowest BCUT2D eigenvalue weighted by molar-refractivity contribution is -0.135. The van der Waals surface area contributed by atoms with Crippen LogP contribution in [-0.2, 0) is 14.4 Å². The van der Waals surface area contributed by atoms with Crippen LogP contribution in [0.2, 0.25) is 0 Å². The fourth-order valence-electron chi connectivity index (χ4n) is 2.26. The third-order valence-corrected chi connectivity index (χ3v) is 3.81. The van der Waals surface area contributed by atoms with Gasteiger partial charge in [-0.15, -0.1) is 0 Å². The molecule has 1 heterocycles. The predicted molar refractivity (Wildman–Crippen MR) is 81.2 cm³/mol. The highest BCUT2D eigenvalue weighted by atomic mass is 19.1. The van der Waals surface area contributed by atoms with Crippen LogP contribution >= 0.6 is 0 Å². The number of carbonyl (C=O) groups is 2. The van der Waals surface area contributed by atoms with Gasteiger partial charge in [-0.3, -0.25) is 9.59 Å². The van der Waals surface area contributed by atoms with Crippen LogP contribution in [0, 0.1) is 5.82 Å². The molecule has 6 nitrogen and oxygen atoms in total. The Hall–Kier alpha value is -2.44. The normalized spacial score (nSPS) is 21.1. The lowest BCUT2D eigenvalue weighted by atomic mass is 10.0. The lowest BCUT2D eigenvalue weighted by Gasteiger charge is -2.15. The molecular weight excluding hydrogens is 301 g/mol. The van der Waals surface area contributed by atoms with Gasteiger partial charge in [-0.2, -0.15) is 0 Å². The summed E-state index contributed by atoms with van der Waals surface area (Å²) in [7, 11) is 0. The first kappa shape index (κ1) is 15.5. The maximum atomic E-state index is 12.9. The van der Waals surface area contributed by atoms with Crippen molar-refractivity contribution in [2.75, 3.05) is 0 Å². The highest BCUT2D eigenvalue weighted by molar-refractivity contribution is 6.04. The Morgan fingerprint density at radius 3 is 2.65 bits per heavy atom. The van der Waals surface area contributed by atoms with E-state index in [0.29, 0.717) is 11.3 Å². The third kappa shape index (κ3) is 3.85. The Morgan fingerprint density at radius 2 is 2.00 bits per heavy atom. The van der Waals surface area contributed by atoms with Crippen LogP contribution in [0.5, 0.6) is 0 Å². The maximum Gasteiger partial charge on any atom is 0.264 e.